The Kier molecular flexibility index (Phi) is 5.56. The van der Waals surface area contributed by atoms with E-state index in [0.717, 1.165) is 0 Å². The third-order valence-corrected chi connectivity index (χ3v) is 3.64. The molecule has 6 heteroatoms. The van der Waals surface area contributed by atoms with Crippen molar-refractivity contribution >= 4 is 11.8 Å². The standard InChI is InChI=1S/C21H14F2O4/c22-16-9-5-14(6-10-16)21(25)15-7-11-17(12-8-15)27-20(24)13-26-19-4-2-1-3-18(19)23/h1-12H,13H2. The Bertz CT molecular complexity index is 951. The van der Waals surface area contributed by atoms with Crippen LogP contribution in [0.25, 0.3) is 0 Å². The molecule has 3 rings (SSSR count). The van der Waals surface area contributed by atoms with Crippen molar-refractivity contribution in [2.24, 2.45) is 0 Å². The molecule has 27 heavy (non-hydrogen) atoms. The molecule has 4 nitrogen and oxygen atoms in total. The van der Waals surface area contributed by atoms with E-state index < -0.39 is 24.2 Å². The van der Waals surface area contributed by atoms with E-state index in [1.807, 2.05) is 0 Å². The smallest absolute Gasteiger partial charge is 0.349 e. The molecule has 0 radical (unpaired) electrons. The number of para-hydroxylation sites is 1. The number of hydrogen-bond acceptors (Lipinski definition) is 4. The number of benzene rings is 3. The second kappa shape index (κ2) is 8.23. The van der Waals surface area contributed by atoms with E-state index in [-0.39, 0.29) is 17.3 Å². The molecular weight excluding hydrogens is 354 g/mol. The molecule has 0 fully saturated rings. The number of ether oxygens (including phenoxy) is 2. The van der Waals surface area contributed by atoms with Crippen molar-refractivity contribution in [3.63, 3.8) is 0 Å². The predicted molar refractivity (Wildman–Crippen MR) is 93.8 cm³/mol. The van der Waals surface area contributed by atoms with Gasteiger partial charge in [0.1, 0.15) is 11.6 Å². The monoisotopic (exact) mass is 368 g/mol. The van der Waals surface area contributed by atoms with Crippen molar-refractivity contribution in [1.29, 1.82) is 0 Å². The van der Waals surface area contributed by atoms with Gasteiger partial charge in [0.05, 0.1) is 0 Å². The minimum Gasteiger partial charge on any atom is -0.479 e. The van der Waals surface area contributed by atoms with Gasteiger partial charge in [-0.25, -0.2) is 13.6 Å². The highest BCUT2D eigenvalue weighted by Gasteiger charge is 2.11. The molecule has 0 heterocycles. The summed E-state index contributed by atoms with van der Waals surface area (Å²) >= 11 is 0. The summed E-state index contributed by atoms with van der Waals surface area (Å²) in [5.74, 6) is -1.82. The van der Waals surface area contributed by atoms with E-state index in [4.69, 9.17) is 9.47 Å². The summed E-state index contributed by atoms with van der Waals surface area (Å²) in [6.07, 6.45) is 0. The highest BCUT2D eigenvalue weighted by atomic mass is 19.1. The molecule has 0 spiro atoms. The zero-order valence-electron chi connectivity index (χ0n) is 14.0. The molecule has 136 valence electrons. The second-order valence-electron chi connectivity index (χ2n) is 5.55. The lowest BCUT2D eigenvalue weighted by atomic mass is 10.0. The summed E-state index contributed by atoms with van der Waals surface area (Å²) in [7, 11) is 0. The van der Waals surface area contributed by atoms with Gasteiger partial charge >= 0.3 is 5.97 Å². The number of hydrogen-bond donors (Lipinski definition) is 0. The molecule has 0 aromatic heterocycles. The van der Waals surface area contributed by atoms with Gasteiger partial charge in [0.2, 0.25) is 0 Å². The average molecular weight is 368 g/mol. The Balaban J connectivity index is 1.58. The quantitative estimate of drug-likeness (QED) is 0.372. The first kappa shape index (κ1) is 18.3. The Hall–Kier alpha value is -3.54. The summed E-state index contributed by atoms with van der Waals surface area (Å²) in [6, 6.07) is 16.8. The predicted octanol–water partition coefficient (Wildman–Crippen LogP) is 4.18. The van der Waals surface area contributed by atoms with Gasteiger partial charge in [-0.2, -0.15) is 0 Å². The van der Waals surface area contributed by atoms with Crippen LogP contribution in [0.2, 0.25) is 0 Å². The van der Waals surface area contributed by atoms with Gasteiger partial charge in [-0.1, -0.05) is 12.1 Å². The molecule has 0 N–H and O–H groups in total. The third kappa shape index (κ3) is 4.76. The van der Waals surface area contributed by atoms with Crippen LogP contribution in [0.3, 0.4) is 0 Å². The van der Waals surface area contributed by atoms with E-state index in [1.165, 1.54) is 66.7 Å². The Morgan fingerprint density at radius 2 is 1.37 bits per heavy atom. The first-order chi connectivity index (χ1) is 13.0. The van der Waals surface area contributed by atoms with Crippen molar-refractivity contribution in [3.8, 4) is 11.5 Å². The normalized spacial score (nSPS) is 10.3. The maximum Gasteiger partial charge on any atom is 0.349 e. The summed E-state index contributed by atoms with van der Waals surface area (Å²) in [5.41, 5.74) is 0.712. The molecule has 3 aromatic rings. The molecule has 0 aliphatic rings. The van der Waals surface area contributed by atoms with Crippen molar-refractivity contribution in [2.75, 3.05) is 6.61 Å². The molecule has 0 atom stereocenters. The minimum atomic E-state index is -0.712. The molecule has 0 unspecified atom stereocenters. The van der Waals surface area contributed by atoms with Gasteiger partial charge in [-0.05, 0) is 60.7 Å². The van der Waals surface area contributed by atoms with Crippen LogP contribution in [0.5, 0.6) is 11.5 Å². The van der Waals surface area contributed by atoms with Crippen LogP contribution in [-0.4, -0.2) is 18.4 Å². The number of esters is 1. The van der Waals surface area contributed by atoms with Crippen LogP contribution in [0.15, 0.2) is 72.8 Å². The van der Waals surface area contributed by atoms with Crippen LogP contribution in [0, 0.1) is 11.6 Å². The molecule has 0 saturated heterocycles. The van der Waals surface area contributed by atoms with Crippen molar-refractivity contribution in [3.05, 3.63) is 95.6 Å². The van der Waals surface area contributed by atoms with Gasteiger partial charge in [0.25, 0.3) is 0 Å². The molecule has 0 aliphatic carbocycles. The van der Waals surface area contributed by atoms with E-state index in [9.17, 15) is 18.4 Å². The first-order valence-corrected chi connectivity index (χ1v) is 8.01. The average Bonchev–Trinajstić information content (AvgIpc) is 2.68. The summed E-state index contributed by atoms with van der Waals surface area (Å²) in [5, 5.41) is 0. The second-order valence-corrected chi connectivity index (χ2v) is 5.55. The molecule has 0 aliphatic heterocycles. The van der Waals surface area contributed by atoms with E-state index in [1.54, 1.807) is 6.07 Å². The minimum absolute atomic E-state index is 0.0466. The largest absolute Gasteiger partial charge is 0.479 e. The lowest BCUT2D eigenvalue weighted by molar-refractivity contribution is -0.136. The lowest BCUT2D eigenvalue weighted by Crippen LogP contribution is -2.18. The van der Waals surface area contributed by atoms with Crippen LogP contribution >= 0.6 is 0 Å². The van der Waals surface area contributed by atoms with Crippen LogP contribution < -0.4 is 9.47 Å². The van der Waals surface area contributed by atoms with Gasteiger partial charge in [-0.15, -0.1) is 0 Å². The zero-order valence-corrected chi connectivity index (χ0v) is 14.0. The SMILES string of the molecule is O=C(COc1ccccc1F)Oc1ccc(C(=O)c2ccc(F)cc2)cc1. The fourth-order valence-corrected chi connectivity index (χ4v) is 2.30. The van der Waals surface area contributed by atoms with Gasteiger partial charge in [0.15, 0.2) is 24.0 Å². The Morgan fingerprint density at radius 3 is 2.00 bits per heavy atom. The van der Waals surface area contributed by atoms with Crippen molar-refractivity contribution in [2.45, 2.75) is 0 Å². The Morgan fingerprint density at radius 1 is 0.778 bits per heavy atom. The molecule has 0 saturated carbocycles. The number of halogens is 2. The Labute approximate surface area is 154 Å². The summed E-state index contributed by atoms with van der Waals surface area (Å²) in [4.78, 5) is 24.1. The summed E-state index contributed by atoms with van der Waals surface area (Å²) < 4.78 is 36.5. The maximum absolute atomic E-state index is 13.4. The van der Waals surface area contributed by atoms with E-state index >= 15 is 0 Å². The van der Waals surface area contributed by atoms with Crippen molar-refractivity contribution in [1.82, 2.24) is 0 Å². The molecular formula is C21H14F2O4. The fourth-order valence-electron chi connectivity index (χ4n) is 2.30. The number of carbonyl (C=O) groups excluding carboxylic acids is 2. The van der Waals surface area contributed by atoms with E-state index in [2.05, 4.69) is 0 Å². The summed E-state index contributed by atoms with van der Waals surface area (Å²) in [6.45, 7) is -0.461. The maximum atomic E-state index is 13.4. The molecule has 0 amide bonds. The topological polar surface area (TPSA) is 52.6 Å². The molecule has 3 aromatic carbocycles. The molecule has 0 bridgehead atoms. The number of rotatable bonds is 6. The van der Waals surface area contributed by atoms with Gasteiger partial charge in [0, 0.05) is 11.1 Å². The first-order valence-electron chi connectivity index (χ1n) is 8.01. The lowest BCUT2D eigenvalue weighted by Gasteiger charge is -2.08. The van der Waals surface area contributed by atoms with Crippen LogP contribution in [0.4, 0.5) is 8.78 Å². The van der Waals surface area contributed by atoms with Gasteiger partial charge < -0.3 is 9.47 Å². The van der Waals surface area contributed by atoms with Crippen LogP contribution in [-0.2, 0) is 4.79 Å². The van der Waals surface area contributed by atoms with Gasteiger partial charge in [-0.3, -0.25) is 4.79 Å². The van der Waals surface area contributed by atoms with Crippen molar-refractivity contribution < 1.29 is 27.8 Å². The highest BCUT2D eigenvalue weighted by Crippen LogP contribution is 2.17. The van der Waals surface area contributed by atoms with Crippen LogP contribution in [0.1, 0.15) is 15.9 Å². The number of ketones is 1. The fraction of sp³-hybridized carbons (Fsp3) is 0.0476. The number of carbonyl (C=O) groups is 2. The third-order valence-electron chi connectivity index (χ3n) is 3.64. The zero-order chi connectivity index (χ0) is 19.2. The highest BCUT2D eigenvalue weighted by molar-refractivity contribution is 6.09. The van der Waals surface area contributed by atoms with E-state index in [0.29, 0.717) is 11.1 Å².